The van der Waals surface area contributed by atoms with Gasteiger partial charge in [-0.15, -0.1) is 0 Å². The third-order valence-corrected chi connectivity index (χ3v) is 6.03. The van der Waals surface area contributed by atoms with Gasteiger partial charge in [0.2, 0.25) is 5.78 Å². The number of anilines is 1. The highest BCUT2D eigenvalue weighted by atomic mass is 16.6. The predicted octanol–water partition coefficient (Wildman–Crippen LogP) is 5.61. The molecule has 0 N–H and O–H groups in total. The summed E-state index contributed by atoms with van der Waals surface area (Å²) in [6, 6.07) is 21.7. The van der Waals surface area contributed by atoms with E-state index in [1.807, 2.05) is 4.90 Å². The van der Waals surface area contributed by atoms with Crippen molar-refractivity contribution in [3.05, 3.63) is 106 Å². The Labute approximate surface area is 198 Å². The molecule has 0 bridgehead atoms. The van der Waals surface area contributed by atoms with Crippen LogP contribution in [-0.2, 0) is 4.74 Å². The number of esters is 1. The molecule has 34 heavy (non-hydrogen) atoms. The van der Waals surface area contributed by atoms with Gasteiger partial charge in [-0.3, -0.25) is 14.9 Å². The number of ketones is 1. The van der Waals surface area contributed by atoms with Crippen molar-refractivity contribution in [1.29, 1.82) is 0 Å². The zero-order valence-electron chi connectivity index (χ0n) is 18.9. The Hall–Kier alpha value is -4.00. The summed E-state index contributed by atoms with van der Waals surface area (Å²) in [5.74, 6) is -0.720. The van der Waals surface area contributed by atoms with Gasteiger partial charge in [-0.05, 0) is 30.9 Å². The summed E-state index contributed by atoms with van der Waals surface area (Å²) in [4.78, 5) is 39.6. The second-order valence-electron chi connectivity index (χ2n) is 8.58. The summed E-state index contributed by atoms with van der Waals surface area (Å²) >= 11 is 0. The molecule has 1 fully saturated rings. The van der Waals surface area contributed by atoms with Crippen LogP contribution in [0.1, 0.15) is 52.1 Å². The fourth-order valence-electron chi connectivity index (χ4n) is 4.30. The maximum absolute atomic E-state index is 13.2. The van der Waals surface area contributed by atoms with E-state index in [2.05, 4.69) is 6.92 Å². The summed E-state index contributed by atoms with van der Waals surface area (Å²) in [6.45, 7) is 3.58. The van der Waals surface area contributed by atoms with Crippen molar-refractivity contribution in [2.45, 2.75) is 25.9 Å². The predicted molar refractivity (Wildman–Crippen MR) is 129 cm³/mol. The SMILES string of the molecule is CC1CCCN(c2ccc(C(=O)OC(C(=O)c3ccccc3)c3ccccc3)cc2[N+](=O)[O-])C1. The molecule has 0 aliphatic carbocycles. The second kappa shape index (κ2) is 10.3. The average molecular weight is 459 g/mol. The lowest BCUT2D eigenvalue weighted by atomic mass is 9.99. The van der Waals surface area contributed by atoms with E-state index in [9.17, 15) is 19.7 Å². The first-order chi connectivity index (χ1) is 16.4. The van der Waals surface area contributed by atoms with Crippen LogP contribution in [0.4, 0.5) is 11.4 Å². The Bertz CT molecular complexity index is 1180. The molecular weight excluding hydrogens is 432 g/mol. The highest BCUT2D eigenvalue weighted by Gasteiger charge is 2.29. The number of nitro groups is 1. The van der Waals surface area contributed by atoms with Crippen LogP contribution in [0.25, 0.3) is 0 Å². The number of nitro benzene ring substituents is 1. The first-order valence-corrected chi connectivity index (χ1v) is 11.3. The highest BCUT2D eigenvalue weighted by molar-refractivity contribution is 6.02. The Kier molecular flexibility index (Phi) is 7.01. The second-order valence-corrected chi connectivity index (χ2v) is 8.58. The molecule has 0 saturated carbocycles. The van der Waals surface area contributed by atoms with Gasteiger partial charge in [0, 0.05) is 30.3 Å². The Morgan fingerprint density at radius 3 is 2.32 bits per heavy atom. The lowest BCUT2D eigenvalue weighted by Crippen LogP contribution is -2.34. The molecule has 0 aromatic heterocycles. The quantitative estimate of drug-likeness (QED) is 0.198. The van der Waals surface area contributed by atoms with Crippen molar-refractivity contribution in [1.82, 2.24) is 0 Å². The third-order valence-electron chi connectivity index (χ3n) is 6.03. The molecule has 7 nitrogen and oxygen atoms in total. The van der Waals surface area contributed by atoms with E-state index >= 15 is 0 Å². The maximum atomic E-state index is 13.2. The van der Waals surface area contributed by atoms with Crippen LogP contribution < -0.4 is 4.90 Å². The van der Waals surface area contributed by atoms with Crippen molar-refractivity contribution >= 4 is 23.1 Å². The zero-order valence-corrected chi connectivity index (χ0v) is 18.9. The van der Waals surface area contributed by atoms with Gasteiger partial charge in [0.1, 0.15) is 5.69 Å². The average Bonchev–Trinajstić information content (AvgIpc) is 2.87. The summed E-state index contributed by atoms with van der Waals surface area (Å²) in [7, 11) is 0. The van der Waals surface area contributed by atoms with Crippen LogP contribution in [0.2, 0.25) is 0 Å². The molecule has 7 heteroatoms. The molecule has 1 aliphatic rings. The van der Waals surface area contributed by atoms with Crippen LogP contribution in [-0.4, -0.2) is 29.8 Å². The van der Waals surface area contributed by atoms with Gasteiger partial charge in [0.25, 0.3) is 5.69 Å². The molecule has 1 saturated heterocycles. The Morgan fingerprint density at radius 2 is 1.68 bits per heavy atom. The number of Topliss-reactive ketones (excluding diaryl/α,β-unsaturated/α-hetero) is 1. The van der Waals surface area contributed by atoms with Gasteiger partial charge in [-0.25, -0.2) is 4.79 Å². The van der Waals surface area contributed by atoms with E-state index in [4.69, 9.17) is 4.74 Å². The van der Waals surface area contributed by atoms with E-state index in [1.54, 1.807) is 66.7 Å². The van der Waals surface area contributed by atoms with Crippen LogP contribution in [0.5, 0.6) is 0 Å². The molecule has 0 amide bonds. The van der Waals surface area contributed by atoms with E-state index in [-0.39, 0.29) is 17.0 Å². The minimum atomic E-state index is -1.17. The van der Waals surface area contributed by atoms with E-state index in [0.29, 0.717) is 22.7 Å². The first kappa shape index (κ1) is 23.2. The monoisotopic (exact) mass is 458 g/mol. The van der Waals surface area contributed by atoms with Gasteiger partial charge in [-0.1, -0.05) is 67.6 Å². The third kappa shape index (κ3) is 5.14. The molecule has 1 heterocycles. The van der Waals surface area contributed by atoms with Gasteiger partial charge in [0.05, 0.1) is 10.5 Å². The summed E-state index contributed by atoms with van der Waals surface area (Å²) in [5.41, 5.74) is 1.31. The van der Waals surface area contributed by atoms with E-state index in [1.165, 1.54) is 12.1 Å². The number of hydrogen-bond acceptors (Lipinski definition) is 6. The van der Waals surface area contributed by atoms with Crippen LogP contribution in [0, 0.1) is 16.0 Å². The Morgan fingerprint density at radius 1 is 1.00 bits per heavy atom. The van der Waals surface area contributed by atoms with Crippen molar-refractivity contribution in [3.8, 4) is 0 Å². The van der Waals surface area contributed by atoms with Crippen molar-refractivity contribution in [3.63, 3.8) is 0 Å². The van der Waals surface area contributed by atoms with Gasteiger partial charge >= 0.3 is 5.97 Å². The van der Waals surface area contributed by atoms with Crippen molar-refractivity contribution in [2.24, 2.45) is 5.92 Å². The number of carbonyl (C=O) groups is 2. The number of benzene rings is 3. The van der Waals surface area contributed by atoms with Crippen LogP contribution in [0.3, 0.4) is 0 Å². The Balaban J connectivity index is 1.63. The number of carbonyl (C=O) groups excluding carboxylic acids is 2. The molecule has 2 unspecified atom stereocenters. The maximum Gasteiger partial charge on any atom is 0.339 e. The highest BCUT2D eigenvalue weighted by Crippen LogP contribution is 2.33. The molecule has 3 aromatic rings. The molecule has 4 rings (SSSR count). The topological polar surface area (TPSA) is 89.8 Å². The molecule has 1 aliphatic heterocycles. The minimum absolute atomic E-state index is 0.0299. The minimum Gasteiger partial charge on any atom is -0.445 e. The van der Waals surface area contributed by atoms with E-state index in [0.717, 1.165) is 25.9 Å². The van der Waals surface area contributed by atoms with E-state index < -0.39 is 17.0 Å². The smallest absolute Gasteiger partial charge is 0.339 e. The number of ether oxygens (including phenoxy) is 1. The molecular formula is C27H26N2O5. The number of rotatable bonds is 7. The normalized spacial score (nSPS) is 16.5. The molecule has 174 valence electrons. The number of nitrogens with zero attached hydrogens (tertiary/aromatic N) is 2. The zero-order chi connectivity index (χ0) is 24.1. The summed E-state index contributed by atoms with van der Waals surface area (Å²) in [6.07, 6.45) is 0.880. The molecule has 2 atom stereocenters. The molecule has 3 aromatic carbocycles. The summed E-state index contributed by atoms with van der Waals surface area (Å²) in [5, 5.41) is 11.8. The standard InChI is InChI=1S/C27H26N2O5/c1-19-9-8-16-28(18-19)23-15-14-22(17-24(23)29(32)33)27(31)34-26(21-12-6-3-7-13-21)25(30)20-10-4-2-5-11-20/h2-7,10-15,17,19,26H,8-9,16,18H2,1H3. The number of piperidine rings is 1. The lowest BCUT2D eigenvalue weighted by molar-refractivity contribution is -0.384. The molecule has 0 spiro atoms. The summed E-state index contributed by atoms with van der Waals surface area (Å²) < 4.78 is 5.65. The largest absolute Gasteiger partial charge is 0.445 e. The first-order valence-electron chi connectivity index (χ1n) is 11.3. The molecule has 0 radical (unpaired) electrons. The van der Waals surface area contributed by atoms with Gasteiger partial charge in [-0.2, -0.15) is 0 Å². The van der Waals surface area contributed by atoms with Crippen LogP contribution in [0.15, 0.2) is 78.9 Å². The van der Waals surface area contributed by atoms with Crippen molar-refractivity contribution < 1.29 is 19.2 Å². The van der Waals surface area contributed by atoms with Gasteiger partial charge < -0.3 is 9.64 Å². The fraction of sp³-hybridized carbons (Fsp3) is 0.259. The van der Waals surface area contributed by atoms with Crippen molar-refractivity contribution in [2.75, 3.05) is 18.0 Å². The fourth-order valence-corrected chi connectivity index (χ4v) is 4.30. The lowest BCUT2D eigenvalue weighted by Gasteiger charge is -2.32. The van der Waals surface area contributed by atoms with Crippen LogP contribution >= 0.6 is 0 Å². The number of hydrogen-bond donors (Lipinski definition) is 0. The van der Waals surface area contributed by atoms with Gasteiger partial charge in [0.15, 0.2) is 6.10 Å².